The van der Waals surface area contributed by atoms with Crippen LogP contribution in [0.15, 0.2) is 53.6 Å². The molecule has 0 aliphatic heterocycles. The molecule has 2 rings (SSSR count). The number of sulfonamides is 1. The maximum atomic E-state index is 12.5. The van der Waals surface area contributed by atoms with Gasteiger partial charge in [0.2, 0.25) is 10.0 Å². The van der Waals surface area contributed by atoms with Crippen LogP contribution in [0.25, 0.3) is 0 Å². The normalized spacial score (nSPS) is 11.7. The lowest BCUT2D eigenvalue weighted by Gasteiger charge is -2.23. The molecule has 1 amide bonds. The summed E-state index contributed by atoms with van der Waals surface area (Å²) < 4.78 is 36.6. The van der Waals surface area contributed by atoms with Crippen LogP contribution in [-0.4, -0.2) is 46.1 Å². The van der Waals surface area contributed by atoms with Crippen LogP contribution in [0.4, 0.5) is 5.69 Å². The van der Waals surface area contributed by atoms with Gasteiger partial charge in [-0.1, -0.05) is 0 Å². The third-order valence-corrected chi connectivity index (χ3v) is 6.02. The number of ether oxygens (including phenoxy) is 2. The van der Waals surface area contributed by atoms with Gasteiger partial charge >= 0.3 is 0 Å². The highest BCUT2D eigenvalue weighted by Crippen LogP contribution is 2.22. The molecular formula is C21H27N3O5S. The molecule has 0 saturated carbocycles. The average molecular weight is 434 g/mol. The number of nitrogens with zero attached hydrogens (tertiary/aromatic N) is 2. The first-order valence-electron chi connectivity index (χ1n) is 9.51. The lowest BCUT2D eigenvalue weighted by atomic mass is 10.1. The zero-order valence-corrected chi connectivity index (χ0v) is 18.4. The molecule has 0 heterocycles. The highest BCUT2D eigenvalue weighted by atomic mass is 32.2. The predicted molar refractivity (Wildman–Crippen MR) is 118 cm³/mol. The maximum Gasteiger partial charge on any atom is 0.260 e. The van der Waals surface area contributed by atoms with Gasteiger partial charge in [0.1, 0.15) is 18.0 Å². The topological polar surface area (TPSA) is 97.3 Å². The number of rotatable bonds is 10. The molecule has 0 aliphatic rings. The van der Waals surface area contributed by atoms with E-state index in [9.17, 15) is 13.2 Å². The molecule has 0 aliphatic carbocycles. The molecule has 30 heavy (non-hydrogen) atoms. The predicted octanol–water partition coefficient (Wildman–Crippen LogP) is 2.79. The van der Waals surface area contributed by atoms with Crippen LogP contribution in [0.2, 0.25) is 0 Å². The molecule has 9 heteroatoms. The van der Waals surface area contributed by atoms with E-state index in [0.717, 1.165) is 15.6 Å². The van der Waals surface area contributed by atoms with Crippen LogP contribution in [0.1, 0.15) is 26.3 Å². The summed E-state index contributed by atoms with van der Waals surface area (Å²) in [6.45, 7) is 5.37. The summed E-state index contributed by atoms with van der Waals surface area (Å²) >= 11 is 0. The first-order chi connectivity index (χ1) is 14.3. The molecule has 0 unspecified atom stereocenters. The molecule has 2 aromatic rings. The van der Waals surface area contributed by atoms with Crippen molar-refractivity contribution in [1.29, 1.82) is 0 Å². The minimum atomic E-state index is -3.66. The van der Waals surface area contributed by atoms with Gasteiger partial charge in [0.15, 0.2) is 0 Å². The number of carbonyl (C=O) groups excluding carboxylic acids is 1. The van der Waals surface area contributed by atoms with E-state index < -0.39 is 15.9 Å². The molecular weight excluding hydrogens is 406 g/mol. The van der Waals surface area contributed by atoms with Gasteiger partial charge in [-0.3, -0.25) is 9.10 Å². The van der Waals surface area contributed by atoms with E-state index >= 15 is 0 Å². The van der Waals surface area contributed by atoms with Crippen molar-refractivity contribution in [2.75, 3.05) is 30.3 Å². The van der Waals surface area contributed by atoms with Gasteiger partial charge in [-0.25, -0.2) is 13.8 Å². The molecule has 8 nitrogen and oxygen atoms in total. The Morgan fingerprint density at radius 3 is 2.17 bits per heavy atom. The van der Waals surface area contributed by atoms with Crippen molar-refractivity contribution in [2.45, 2.75) is 20.8 Å². The van der Waals surface area contributed by atoms with Crippen molar-refractivity contribution in [2.24, 2.45) is 5.10 Å². The average Bonchev–Trinajstić information content (AvgIpc) is 2.76. The Bertz CT molecular complexity index is 971. The molecule has 0 aromatic heterocycles. The number of anilines is 1. The quantitative estimate of drug-likeness (QED) is 0.459. The fourth-order valence-electron chi connectivity index (χ4n) is 2.59. The van der Waals surface area contributed by atoms with Crippen LogP contribution < -0.4 is 19.2 Å². The maximum absolute atomic E-state index is 12.5. The minimum absolute atomic E-state index is 0.138. The van der Waals surface area contributed by atoms with Crippen LogP contribution in [0, 0.1) is 0 Å². The van der Waals surface area contributed by atoms with Gasteiger partial charge in [-0.2, -0.15) is 5.10 Å². The van der Waals surface area contributed by atoms with E-state index in [1.807, 2.05) is 31.2 Å². The summed E-state index contributed by atoms with van der Waals surface area (Å²) in [4.78, 5) is 12.4. The van der Waals surface area contributed by atoms with E-state index in [1.165, 1.54) is 14.0 Å². The molecule has 0 fully saturated rings. The number of carbonyl (C=O) groups is 1. The Balaban J connectivity index is 2.12. The lowest BCUT2D eigenvalue weighted by molar-refractivity contribution is -0.119. The number of amides is 1. The SMILES string of the molecule is CCOc1ccc(/C(C)=N\NC(=O)CN(c2ccc(OC)cc2)S(=O)(=O)CC)cc1. The second-order valence-electron chi connectivity index (χ2n) is 6.29. The number of benzene rings is 2. The summed E-state index contributed by atoms with van der Waals surface area (Å²) in [5.41, 5.74) is 4.20. The second-order valence-corrected chi connectivity index (χ2v) is 8.48. The van der Waals surface area contributed by atoms with Crippen molar-refractivity contribution in [3.05, 3.63) is 54.1 Å². The van der Waals surface area contributed by atoms with Gasteiger partial charge in [0, 0.05) is 0 Å². The molecule has 0 atom stereocenters. The smallest absolute Gasteiger partial charge is 0.260 e. The molecule has 0 spiro atoms. The van der Waals surface area contributed by atoms with E-state index in [-0.39, 0.29) is 12.3 Å². The summed E-state index contributed by atoms with van der Waals surface area (Å²) in [6, 6.07) is 13.8. The van der Waals surface area contributed by atoms with Gasteiger partial charge in [0.25, 0.3) is 5.91 Å². The summed E-state index contributed by atoms with van der Waals surface area (Å²) in [6.07, 6.45) is 0. The summed E-state index contributed by atoms with van der Waals surface area (Å²) in [5, 5.41) is 4.09. The Hall–Kier alpha value is -3.07. The number of methoxy groups -OCH3 is 1. The molecule has 0 bridgehead atoms. The van der Waals surface area contributed by atoms with Crippen LogP contribution in [0.5, 0.6) is 11.5 Å². The van der Waals surface area contributed by atoms with Gasteiger partial charge < -0.3 is 9.47 Å². The van der Waals surface area contributed by atoms with Gasteiger partial charge in [0.05, 0.1) is 30.9 Å². The second kappa shape index (κ2) is 10.6. The Morgan fingerprint density at radius 2 is 1.63 bits per heavy atom. The fourth-order valence-corrected chi connectivity index (χ4v) is 3.66. The minimum Gasteiger partial charge on any atom is -0.497 e. The number of hydrazone groups is 1. The van der Waals surface area contributed by atoms with E-state index in [0.29, 0.717) is 23.8 Å². The number of hydrogen-bond acceptors (Lipinski definition) is 6. The molecule has 0 saturated heterocycles. The summed E-state index contributed by atoms with van der Waals surface area (Å²) in [7, 11) is -2.14. The van der Waals surface area contributed by atoms with E-state index in [4.69, 9.17) is 9.47 Å². The molecule has 1 N–H and O–H groups in total. The molecule has 2 aromatic carbocycles. The van der Waals surface area contributed by atoms with Crippen molar-refractivity contribution < 1.29 is 22.7 Å². The first-order valence-corrected chi connectivity index (χ1v) is 11.1. The number of hydrogen-bond donors (Lipinski definition) is 1. The lowest BCUT2D eigenvalue weighted by Crippen LogP contribution is -2.40. The fraction of sp³-hybridized carbons (Fsp3) is 0.333. The highest BCUT2D eigenvalue weighted by Gasteiger charge is 2.23. The van der Waals surface area contributed by atoms with Crippen molar-refractivity contribution in [3.8, 4) is 11.5 Å². The van der Waals surface area contributed by atoms with Crippen molar-refractivity contribution in [3.63, 3.8) is 0 Å². The van der Waals surface area contributed by atoms with E-state index in [2.05, 4.69) is 10.5 Å². The molecule has 162 valence electrons. The zero-order chi connectivity index (χ0) is 22.1. The number of nitrogens with one attached hydrogen (secondary N) is 1. The van der Waals surface area contributed by atoms with Crippen molar-refractivity contribution in [1.82, 2.24) is 5.43 Å². The Labute approximate surface area is 177 Å². The monoisotopic (exact) mass is 433 g/mol. The zero-order valence-electron chi connectivity index (χ0n) is 17.6. The Kier molecular flexibility index (Phi) is 8.23. The van der Waals surface area contributed by atoms with Crippen LogP contribution in [-0.2, 0) is 14.8 Å². The summed E-state index contributed by atoms with van der Waals surface area (Å²) in [5.74, 6) is 0.652. The first kappa shape index (κ1) is 23.2. The van der Waals surface area contributed by atoms with Crippen molar-refractivity contribution >= 4 is 27.3 Å². The standard InChI is InChI=1S/C21H27N3O5S/c1-5-29-20-11-7-17(8-12-20)16(3)22-23-21(25)15-24(30(26,27)6-2)18-9-13-19(28-4)14-10-18/h7-14H,5-6,15H2,1-4H3,(H,23,25)/b22-16-. The third-order valence-electron chi connectivity index (χ3n) is 4.28. The largest absolute Gasteiger partial charge is 0.497 e. The van der Waals surface area contributed by atoms with Crippen LogP contribution >= 0.6 is 0 Å². The highest BCUT2D eigenvalue weighted by molar-refractivity contribution is 7.92. The Morgan fingerprint density at radius 1 is 1.03 bits per heavy atom. The van der Waals surface area contributed by atoms with Gasteiger partial charge in [-0.05, 0) is 74.9 Å². The van der Waals surface area contributed by atoms with Gasteiger partial charge in [-0.15, -0.1) is 0 Å². The van der Waals surface area contributed by atoms with E-state index in [1.54, 1.807) is 31.2 Å². The third kappa shape index (κ3) is 6.21. The van der Waals surface area contributed by atoms with Crippen LogP contribution in [0.3, 0.4) is 0 Å². The molecule has 0 radical (unpaired) electrons.